The monoisotopic (exact) mass is 651 g/mol. The maximum atomic E-state index is 13.1. The Hall–Kier alpha value is -4.30. The highest BCUT2D eigenvalue weighted by atomic mass is 16.6. The fourth-order valence-electron chi connectivity index (χ4n) is 7.71. The van der Waals surface area contributed by atoms with Crippen LogP contribution >= 0.6 is 0 Å². The number of likely N-dealkylation sites (N-methyl/N-ethyl adjacent to an activating group) is 1. The highest BCUT2D eigenvalue weighted by molar-refractivity contribution is 5.85. The molecule has 0 aromatic heterocycles. The number of benzene rings is 2. The van der Waals surface area contributed by atoms with Crippen LogP contribution in [-0.4, -0.2) is 92.8 Å². The summed E-state index contributed by atoms with van der Waals surface area (Å²) in [6.07, 6.45) is -3.39. The van der Waals surface area contributed by atoms with Crippen LogP contribution in [0.1, 0.15) is 61.0 Å². The van der Waals surface area contributed by atoms with Gasteiger partial charge in [-0.05, 0) is 51.4 Å². The van der Waals surface area contributed by atoms with Gasteiger partial charge in [0.2, 0.25) is 6.10 Å². The molecule has 4 N–H and O–H groups in total. The van der Waals surface area contributed by atoms with Crippen LogP contribution in [-0.2, 0) is 51.8 Å². The summed E-state index contributed by atoms with van der Waals surface area (Å²) < 4.78 is 22.2. The highest BCUT2D eigenvalue weighted by Gasteiger charge is 2.70. The summed E-state index contributed by atoms with van der Waals surface area (Å²) in [5, 5.41) is 42.6. The lowest BCUT2D eigenvalue weighted by atomic mass is 9.52. The average molecular weight is 652 g/mol. The van der Waals surface area contributed by atoms with E-state index < -0.39 is 65.7 Å². The number of aliphatic carboxylic acids is 1. The Bertz CT molecular complexity index is 1620. The van der Waals surface area contributed by atoms with Crippen LogP contribution in [0.2, 0.25) is 0 Å². The molecule has 1 saturated heterocycles. The van der Waals surface area contributed by atoms with Crippen LogP contribution in [0.5, 0.6) is 5.75 Å². The average Bonchev–Trinajstić information content (AvgIpc) is 3.38. The van der Waals surface area contributed by atoms with Crippen molar-refractivity contribution < 1.29 is 58.6 Å². The lowest BCUT2D eigenvalue weighted by Gasteiger charge is -2.56. The molecule has 13 nitrogen and oxygen atoms in total. The van der Waals surface area contributed by atoms with Gasteiger partial charge in [0.05, 0.1) is 24.0 Å². The summed E-state index contributed by atoms with van der Waals surface area (Å²) in [5.74, 6) is -4.30. The number of esters is 3. The normalized spacial score (nSPS) is 27.6. The van der Waals surface area contributed by atoms with Crippen LogP contribution in [0.3, 0.4) is 0 Å². The molecule has 2 aromatic rings. The van der Waals surface area contributed by atoms with Gasteiger partial charge in [-0.2, -0.15) is 0 Å². The molecule has 2 bridgehead atoms. The molecule has 2 heterocycles. The number of carbonyl (C=O) groups excluding carboxylic acids is 3. The first-order valence-corrected chi connectivity index (χ1v) is 15.5. The number of hydrogen-bond acceptors (Lipinski definition) is 12. The smallest absolute Gasteiger partial charge is 0.349 e. The van der Waals surface area contributed by atoms with Crippen molar-refractivity contribution in [3.05, 3.63) is 76.6 Å². The van der Waals surface area contributed by atoms with E-state index in [-0.39, 0.29) is 30.4 Å². The van der Waals surface area contributed by atoms with E-state index in [1.54, 1.807) is 30.3 Å². The molecule has 0 unspecified atom stereocenters. The van der Waals surface area contributed by atoms with Crippen LogP contribution in [0.15, 0.2) is 54.3 Å². The largest absolute Gasteiger partial charge is 0.481 e. The Kier molecular flexibility index (Phi) is 8.60. The zero-order valence-electron chi connectivity index (χ0n) is 26.0. The number of hydrogen-bond donors (Lipinski definition) is 4. The Morgan fingerprint density at radius 3 is 2.53 bits per heavy atom. The van der Waals surface area contributed by atoms with Crippen molar-refractivity contribution in [1.29, 1.82) is 0 Å². The van der Waals surface area contributed by atoms with Crippen molar-refractivity contribution in [2.75, 3.05) is 13.6 Å². The van der Waals surface area contributed by atoms with Crippen LogP contribution in [0.4, 0.5) is 0 Å². The lowest BCUT2D eigenvalue weighted by Crippen LogP contribution is -2.69. The molecule has 4 aliphatic rings. The third kappa shape index (κ3) is 5.36. The first kappa shape index (κ1) is 32.6. The number of carboxylic acids is 1. The number of carboxylic acid groups (broad SMARTS) is 1. The maximum absolute atomic E-state index is 13.1. The molecule has 47 heavy (non-hydrogen) atoms. The van der Waals surface area contributed by atoms with E-state index in [4.69, 9.17) is 18.9 Å². The Morgan fingerprint density at radius 2 is 1.83 bits per heavy atom. The lowest BCUT2D eigenvalue weighted by molar-refractivity contribution is -0.178. The van der Waals surface area contributed by atoms with E-state index in [1.165, 1.54) is 19.1 Å². The maximum Gasteiger partial charge on any atom is 0.349 e. The van der Waals surface area contributed by atoms with Crippen molar-refractivity contribution >= 4 is 23.9 Å². The molecule has 1 fully saturated rings. The molecule has 7 atom stereocenters. The number of carbonyl (C=O) groups is 4. The summed E-state index contributed by atoms with van der Waals surface area (Å²) >= 11 is 0. The zero-order chi connectivity index (χ0) is 33.7. The van der Waals surface area contributed by atoms with E-state index in [9.17, 15) is 39.6 Å². The molecule has 2 aliphatic carbocycles. The topological polar surface area (TPSA) is 189 Å². The van der Waals surface area contributed by atoms with Crippen molar-refractivity contribution in [3.63, 3.8) is 0 Å². The molecule has 1 spiro atoms. The molecule has 6 rings (SSSR count). The number of nitrogens with zero attached hydrogens (tertiary/aromatic N) is 1. The molecule has 2 aromatic carbocycles. The zero-order valence-corrected chi connectivity index (χ0v) is 26.0. The van der Waals surface area contributed by atoms with Crippen LogP contribution in [0.25, 0.3) is 0 Å². The van der Waals surface area contributed by atoms with E-state index >= 15 is 0 Å². The second kappa shape index (κ2) is 12.4. The van der Waals surface area contributed by atoms with Gasteiger partial charge in [0.15, 0.2) is 18.3 Å². The number of aliphatic hydroxyl groups excluding tert-OH is 2. The van der Waals surface area contributed by atoms with Crippen LogP contribution in [0, 0.1) is 0 Å². The summed E-state index contributed by atoms with van der Waals surface area (Å²) in [6.45, 7) is 1.62. The van der Waals surface area contributed by atoms with Crippen molar-refractivity contribution in [2.45, 2.75) is 87.1 Å². The van der Waals surface area contributed by atoms with Gasteiger partial charge in [-0.3, -0.25) is 4.79 Å². The minimum Gasteiger partial charge on any atom is -0.481 e. The number of likely N-dealkylation sites (tertiary alicyclic amines) is 1. The predicted molar refractivity (Wildman–Crippen MR) is 161 cm³/mol. The van der Waals surface area contributed by atoms with E-state index in [0.29, 0.717) is 24.2 Å². The van der Waals surface area contributed by atoms with Gasteiger partial charge in [0.1, 0.15) is 11.5 Å². The molecular formula is C34H37NO12. The highest BCUT2D eigenvalue weighted by Crippen LogP contribution is 2.64. The quantitative estimate of drug-likeness (QED) is 0.214. The molecule has 0 amide bonds. The minimum atomic E-state index is -1.98. The van der Waals surface area contributed by atoms with Gasteiger partial charge in [-0.15, -0.1) is 0 Å². The second-order valence-corrected chi connectivity index (χ2v) is 12.6. The fourth-order valence-corrected chi connectivity index (χ4v) is 7.71. The van der Waals surface area contributed by atoms with E-state index in [0.717, 1.165) is 24.1 Å². The van der Waals surface area contributed by atoms with Gasteiger partial charge < -0.3 is 44.3 Å². The number of aliphatic hydroxyl groups is 3. The minimum absolute atomic E-state index is 0.0842. The van der Waals surface area contributed by atoms with Crippen molar-refractivity contribution in [3.8, 4) is 5.75 Å². The summed E-state index contributed by atoms with van der Waals surface area (Å²) in [5.41, 5.74) is 0.312. The third-order valence-corrected chi connectivity index (χ3v) is 9.90. The van der Waals surface area contributed by atoms with Gasteiger partial charge in [0.25, 0.3) is 0 Å². The van der Waals surface area contributed by atoms with E-state index in [2.05, 4.69) is 4.90 Å². The SMILES string of the molecule is C[C@H](OC(=O)C[C@H](O)C(=O)OC1=CC[C@@]2(O)[C@H]3Cc4ccc(CO)c5c4[C@@]2(CCCN3C)[C@H]1O5)C(=O)O[C@H](C(=O)O)c1ccccc1. The van der Waals surface area contributed by atoms with Gasteiger partial charge in [-0.1, -0.05) is 42.5 Å². The third-order valence-electron chi connectivity index (χ3n) is 9.90. The Balaban J connectivity index is 1.14. The Labute approximate surface area is 270 Å². The number of ether oxygens (including phenoxy) is 4. The Morgan fingerprint density at radius 1 is 1.09 bits per heavy atom. The molecule has 2 aliphatic heterocycles. The van der Waals surface area contributed by atoms with Crippen molar-refractivity contribution in [2.24, 2.45) is 0 Å². The number of rotatable bonds is 10. The standard InChI is InChI=1S/C34H37NO12/c1-18(31(41)47-28(30(39)40)19-7-4-3-5-8-19)44-25(38)16-22(37)32(42)45-23-11-13-34(43)24-15-20-9-10-21(17-36)27-26(20)33(34,29(23)46-27)12-6-14-35(24)2/h3-5,7-11,18,22,24,28-29,36-37,43H,6,12-17H2,1-2H3,(H,39,40)/t18-,22-,24+,28-,29-,33-,34+/m0/s1. The molecular weight excluding hydrogens is 614 g/mol. The van der Waals surface area contributed by atoms with Gasteiger partial charge in [0, 0.05) is 29.2 Å². The van der Waals surface area contributed by atoms with Crippen molar-refractivity contribution in [1.82, 2.24) is 4.90 Å². The first-order valence-electron chi connectivity index (χ1n) is 15.5. The predicted octanol–water partition coefficient (Wildman–Crippen LogP) is 1.44. The summed E-state index contributed by atoms with van der Waals surface area (Å²) in [6, 6.07) is 11.3. The molecule has 0 saturated carbocycles. The van der Waals surface area contributed by atoms with Crippen LogP contribution < -0.4 is 4.74 Å². The molecule has 250 valence electrons. The van der Waals surface area contributed by atoms with Gasteiger partial charge in [-0.25, -0.2) is 14.4 Å². The summed E-state index contributed by atoms with van der Waals surface area (Å²) in [7, 11) is 1.98. The molecule has 13 heteroatoms. The van der Waals surface area contributed by atoms with E-state index in [1.807, 2.05) is 13.1 Å². The second-order valence-electron chi connectivity index (χ2n) is 12.6. The fraction of sp³-hybridized carbons (Fsp3) is 0.471. The first-order chi connectivity index (χ1) is 22.4. The summed E-state index contributed by atoms with van der Waals surface area (Å²) in [4.78, 5) is 52.0. The molecule has 0 radical (unpaired) electrons. The van der Waals surface area contributed by atoms with Gasteiger partial charge >= 0.3 is 23.9 Å².